The van der Waals surface area contributed by atoms with Gasteiger partial charge in [0.1, 0.15) is 19.3 Å². The molecule has 17 nitrogen and oxygen atoms in total. The smallest absolute Gasteiger partial charge is 0.462 e. The Morgan fingerprint density at radius 1 is 0.304 bits per heavy atom. The van der Waals surface area contributed by atoms with Gasteiger partial charge in [-0.3, -0.25) is 37.3 Å². The predicted octanol–water partition coefficient (Wildman–Crippen LogP) is 21.3. The number of esters is 4. The number of unbranched alkanes of at least 4 members (excludes halogenated alkanes) is 44. The van der Waals surface area contributed by atoms with Gasteiger partial charge in [0.05, 0.1) is 26.4 Å². The summed E-state index contributed by atoms with van der Waals surface area (Å²) in [5, 5.41) is 10.6. The monoisotopic (exact) mass is 1350 g/mol. The Morgan fingerprint density at radius 3 is 0.772 bits per heavy atom. The zero-order chi connectivity index (χ0) is 67.7. The third-order valence-electron chi connectivity index (χ3n) is 17.4. The van der Waals surface area contributed by atoms with Crippen molar-refractivity contribution in [3.63, 3.8) is 0 Å². The molecule has 92 heavy (non-hydrogen) atoms. The molecule has 0 heterocycles. The third kappa shape index (κ3) is 65.4. The lowest BCUT2D eigenvalue weighted by Crippen LogP contribution is -2.30. The van der Waals surface area contributed by atoms with E-state index in [0.29, 0.717) is 25.7 Å². The highest BCUT2D eigenvalue weighted by atomic mass is 31.2. The van der Waals surface area contributed by atoms with E-state index in [1.165, 1.54) is 199 Å². The molecular weight excluding hydrogens is 1210 g/mol. The molecule has 546 valence electrons. The summed E-state index contributed by atoms with van der Waals surface area (Å²) in [6.07, 6.45) is 54.2. The van der Waals surface area contributed by atoms with Gasteiger partial charge in [-0.1, -0.05) is 330 Å². The molecule has 0 radical (unpaired) electrons. The van der Waals surface area contributed by atoms with Gasteiger partial charge in [-0.15, -0.1) is 0 Å². The number of phosphoric acid groups is 2. The molecule has 6 atom stereocenters. The quantitative estimate of drug-likeness (QED) is 0.0222. The normalized spacial score (nSPS) is 14.3. The lowest BCUT2D eigenvalue weighted by atomic mass is 9.99. The molecule has 0 saturated carbocycles. The molecule has 0 fully saturated rings. The van der Waals surface area contributed by atoms with Crippen LogP contribution >= 0.6 is 15.6 Å². The molecule has 3 N–H and O–H groups in total. The molecule has 3 unspecified atom stereocenters. The number of hydrogen-bond donors (Lipinski definition) is 3. The first kappa shape index (κ1) is 90.1. The number of aliphatic hydroxyl groups excluding tert-OH is 1. The number of phosphoric ester groups is 2. The van der Waals surface area contributed by atoms with Gasteiger partial charge >= 0.3 is 39.5 Å². The first-order valence-electron chi connectivity index (χ1n) is 38.2. The van der Waals surface area contributed by atoms with Gasteiger partial charge in [0.25, 0.3) is 0 Å². The van der Waals surface area contributed by atoms with Gasteiger partial charge in [0.2, 0.25) is 0 Å². The van der Waals surface area contributed by atoms with E-state index < -0.39 is 97.5 Å². The number of hydrogen-bond acceptors (Lipinski definition) is 15. The number of carbonyl (C=O) groups is 4. The van der Waals surface area contributed by atoms with E-state index in [4.69, 9.17) is 37.0 Å². The van der Waals surface area contributed by atoms with Crippen molar-refractivity contribution in [3.8, 4) is 0 Å². The van der Waals surface area contributed by atoms with Crippen LogP contribution in [0, 0.1) is 5.92 Å². The summed E-state index contributed by atoms with van der Waals surface area (Å²) in [6.45, 7) is 7.29. The molecule has 0 aromatic carbocycles. The zero-order valence-electron chi connectivity index (χ0n) is 59.7. The van der Waals surface area contributed by atoms with E-state index in [1.54, 1.807) is 0 Å². The first-order chi connectivity index (χ1) is 44.6. The maximum atomic E-state index is 13.1. The van der Waals surface area contributed by atoms with Crippen molar-refractivity contribution in [2.24, 2.45) is 5.92 Å². The summed E-state index contributed by atoms with van der Waals surface area (Å²) in [4.78, 5) is 72.5. The second kappa shape index (κ2) is 66.3. The van der Waals surface area contributed by atoms with Crippen LogP contribution in [0.3, 0.4) is 0 Å². The van der Waals surface area contributed by atoms with Gasteiger partial charge in [-0.2, -0.15) is 0 Å². The minimum atomic E-state index is -4.95. The van der Waals surface area contributed by atoms with Crippen molar-refractivity contribution in [1.82, 2.24) is 0 Å². The SMILES string of the molecule is CCCCCCCCCCCCCCCC(=O)OC[C@H](COP(=O)(O)OC[C@@H](O)COP(=O)(O)OC[C@@H](COC(=O)CCCCCCCCCC)OC(=O)CCCCCCCCCCC)OC(=O)CCCCCCCCCCCCCCCCCCCCC(C)CC. The van der Waals surface area contributed by atoms with Gasteiger partial charge in [0, 0.05) is 25.7 Å². The molecule has 0 aromatic rings. The molecule has 0 amide bonds. The van der Waals surface area contributed by atoms with Gasteiger partial charge in [-0.05, 0) is 31.6 Å². The molecular formula is C73H142O17P2. The first-order valence-corrected chi connectivity index (χ1v) is 41.2. The van der Waals surface area contributed by atoms with Crippen LogP contribution in [0.2, 0.25) is 0 Å². The van der Waals surface area contributed by atoms with E-state index in [0.717, 1.165) is 102 Å². The van der Waals surface area contributed by atoms with E-state index in [1.807, 2.05) is 0 Å². The molecule has 0 saturated heterocycles. The van der Waals surface area contributed by atoms with Crippen molar-refractivity contribution in [2.45, 2.75) is 400 Å². The van der Waals surface area contributed by atoms with Crippen molar-refractivity contribution >= 4 is 39.5 Å². The maximum Gasteiger partial charge on any atom is 0.472 e. The fourth-order valence-electron chi connectivity index (χ4n) is 11.1. The topological polar surface area (TPSA) is 237 Å². The van der Waals surface area contributed by atoms with Crippen molar-refractivity contribution < 1.29 is 80.2 Å². The fourth-order valence-corrected chi connectivity index (χ4v) is 12.7. The molecule has 0 aliphatic heterocycles. The second-order valence-corrected chi connectivity index (χ2v) is 29.5. The average Bonchev–Trinajstić information content (AvgIpc) is 3.75. The zero-order valence-corrected chi connectivity index (χ0v) is 61.5. The molecule has 19 heteroatoms. The molecule has 0 spiro atoms. The number of rotatable bonds is 73. The van der Waals surface area contributed by atoms with Crippen molar-refractivity contribution in [2.75, 3.05) is 39.6 Å². The summed E-state index contributed by atoms with van der Waals surface area (Å²) in [6, 6.07) is 0. The Labute approximate surface area is 562 Å². The van der Waals surface area contributed by atoms with Crippen LogP contribution in [-0.2, 0) is 65.4 Å². The Balaban J connectivity index is 5.13. The van der Waals surface area contributed by atoms with E-state index >= 15 is 0 Å². The summed E-state index contributed by atoms with van der Waals surface area (Å²) >= 11 is 0. The van der Waals surface area contributed by atoms with Crippen LogP contribution in [0.15, 0.2) is 0 Å². The van der Waals surface area contributed by atoms with E-state index in [9.17, 15) is 43.2 Å². The summed E-state index contributed by atoms with van der Waals surface area (Å²) in [5.74, 6) is -1.25. The summed E-state index contributed by atoms with van der Waals surface area (Å²) in [7, 11) is -9.89. The molecule has 0 aromatic heterocycles. The van der Waals surface area contributed by atoms with Crippen LogP contribution in [0.4, 0.5) is 0 Å². The van der Waals surface area contributed by atoms with Crippen LogP contribution < -0.4 is 0 Å². The molecule has 0 aliphatic rings. The second-order valence-electron chi connectivity index (χ2n) is 26.6. The van der Waals surface area contributed by atoms with E-state index in [-0.39, 0.29) is 25.7 Å². The largest absolute Gasteiger partial charge is 0.472 e. The summed E-state index contributed by atoms with van der Waals surface area (Å²) < 4.78 is 68.2. The Hall–Kier alpha value is -1.94. The highest BCUT2D eigenvalue weighted by Crippen LogP contribution is 2.45. The number of ether oxygens (including phenoxy) is 4. The lowest BCUT2D eigenvalue weighted by Gasteiger charge is -2.21. The third-order valence-corrected chi connectivity index (χ3v) is 19.3. The number of carbonyl (C=O) groups excluding carboxylic acids is 4. The van der Waals surface area contributed by atoms with Gasteiger partial charge in [-0.25, -0.2) is 9.13 Å². The van der Waals surface area contributed by atoms with Gasteiger partial charge < -0.3 is 33.8 Å². The lowest BCUT2D eigenvalue weighted by molar-refractivity contribution is -0.161. The fraction of sp³-hybridized carbons (Fsp3) is 0.945. The Bertz CT molecular complexity index is 1770. The molecule has 0 bridgehead atoms. The Kier molecular flexibility index (Phi) is 64.9. The van der Waals surface area contributed by atoms with Crippen LogP contribution in [0.1, 0.15) is 381 Å². The minimum absolute atomic E-state index is 0.106. The van der Waals surface area contributed by atoms with E-state index in [2.05, 4.69) is 34.6 Å². The number of aliphatic hydroxyl groups is 1. The highest BCUT2D eigenvalue weighted by molar-refractivity contribution is 7.47. The Morgan fingerprint density at radius 2 is 0.522 bits per heavy atom. The maximum absolute atomic E-state index is 13.1. The minimum Gasteiger partial charge on any atom is -0.462 e. The van der Waals surface area contributed by atoms with Gasteiger partial charge in [0.15, 0.2) is 12.2 Å². The molecule has 0 aliphatic carbocycles. The standard InChI is InChI=1S/C73H142O17P2/c1-6-10-13-16-19-22-23-30-34-38-42-47-52-57-71(76)84-63-69(90-73(78)59-54-49-44-39-35-32-29-27-25-24-26-28-31-33-37-40-45-50-55-66(5)9-4)65-88-92(81,82)86-61-67(74)60-85-91(79,80)87-64-68(62-83-70(75)56-51-46-41-21-18-15-12-8-3)89-72(77)58-53-48-43-36-20-17-14-11-7-2/h66-69,74H,6-65H2,1-5H3,(H,79,80)(H,81,82)/t66?,67-,68+,69+/m0/s1. The van der Waals surface area contributed by atoms with Crippen molar-refractivity contribution in [1.29, 1.82) is 0 Å². The highest BCUT2D eigenvalue weighted by Gasteiger charge is 2.30. The van der Waals surface area contributed by atoms with Crippen molar-refractivity contribution in [3.05, 3.63) is 0 Å². The van der Waals surface area contributed by atoms with Crippen LogP contribution in [0.5, 0.6) is 0 Å². The predicted molar refractivity (Wildman–Crippen MR) is 372 cm³/mol. The summed E-state index contributed by atoms with van der Waals surface area (Å²) in [5.41, 5.74) is 0. The molecule has 0 rings (SSSR count). The van der Waals surface area contributed by atoms with Crippen LogP contribution in [0.25, 0.3) is 0 Å². The van der Waals surface area contributed by atoms with Crippen LogP contribution in [-0.4, -0.2) is 96.7 Å². The average molecular weight is 1350 g/mol.